The third kappa shape index (κ3) is 6.15. The number of carbonyl (C=O) groups excluding carboxylic acids is 2. The molecule has 166 valence electrons. The van der Waals surface area contributed by atoms with Crippen LogP contribution in [0.25, 0.3) is 0 Å². The number of amides is 2. The third-order valence-electron chi connectivity index (χ3n) is 5.29. The van der Waals surface area contributed by atoms with Gasteiger partial charge in [0.15, 0.2) is 9.84 Å². The first kappa shape index (κ1) is 23.0. The van der Waals surface area contributed by atoms with Crippen molar-refractivity contribution >= 4 is 27.3 Å². The Bertz CT molecular complexity index is 1010. The number of hydrogen-bond acceptors (Lipinski definition) is 5. The molecule has 2 aromatic carbocycles. The standard InChI is InChI=1S/C23H28N2O5S/c1-3-31(28,29)21-12-6-17(7-13-21)15-22(26)24-19-10-8-18(9-11-19)23(27)25(2)16-20-5-4-14-30-20/h6-13,20H,3-5,14-16H2,1-2H3,(H,24,26). The molecule has 1 N–H and O–H groups in total. The number of nitrogens with zero attached hydrogens (tertiary/aromatic N) is 1. The van der Waals surface area contributed by atoms with Crippen LogP contribution in [0.5, 0.6) is 0 Å². The number of hydrogen-bond donors (Lipinski definition) is 1. The minimum Gasteiger partial charge on any atom is -0.376 e. The van der Waals surface area contributed by atoms with Gasteiger partial charge in [0.25, 0.3) is 5.91 Å². The van der Waals surface area contributed by atoms with Crippen LogP contribution in [0.3, 0.4) is 0 Å². The van der Waals surface area contributed by atoms with E-state index in [4.69, 9.17) is 4.74 Å². The predicted molar refractivity (Wildman–Crippen MR) is 119 cm³/mol. The number of rotatable bonds is 8. The summed E-state index contributed by atoms with van der Waals surface area (Å²) in [7, 11) is -1.49. The Morgan fingerprint density at radius 1 is 1.10 bits per heavy atom. The average molecular weight is 445 g/mol. The van der Waals surface area contributed by atoms with Crippen molar-refractivity contribution in [3.63, 3.8) is 0 Å². The van der Waals surface area contributed by atoms with Gasteiger partial charge >= 0.3 is 0 Å². The van der Waals surface area contributed by atoms with Gasteiger partial charge in [0, 0.05) is 31.5 Å². The zero-order valence-electron chi connectivity index (χ0n) is 17.8. The normalized spacial score (nSPS) is 16.1. The summed E-state index contributed by atoms with van der Waals surface area (Å²) in [6, 6.07) is 13.1. The zero-order valence-corrected chi connectivity index (χ0v) is 18.7. The lowest BCUT2D eigenvalue weighted by molar-refractivity contribution is -0.115. The molecule has 31 heavy (non-hydrogen) atoms. The van der Waals surface area contributed by atoms with Gasteiger partial charge in [0.05, 0.1) is 23.2 Å². The Morgan fingerprint density at radius 3 is 2.35 bits per heavy atom. The predicted octanol–water partition coefficient (Wildman–Crippen LogP) is 2.91. The Kier molecular flexibility index (Phi) is 7.46. The van der Waals surface area contributed by atoms with Gasteiger partial charge in [-0.25, -0.2) is 8.42 Å². The lowest BCUT2D eigenvalue weighted by Crippen LogP contribution is -2.34. The first-order valence-electron chi connectivity index (χ1n) is 10.4. The van der Waals surface area contributed by atoms with E-state index in [9.17, 15) is 18.0 Å². The molecule has 2 aromatic rings. The van der Waals surface area contributed by atoms with Gasteiger partial charge < -0.3 is 15.0 Å². The molecule has 0 spiro atoms. The Labute approximate surface area is 183 Å². The van der Waals surface area contributed by atoms with E-state index < -0.39 is 9.84 Å². The van der Waals surface area contributed by atoms with Crippen LogP contribution in [-0.4, -0.2) is 57.2 Å². The molecule has 0 saturated carbocycles. The largest absolute Gasteiger partial charge is 0.376 e. The van der Waals surface area contributed by atoms with Gasteiger partial charge in [-0.1, -0.05) is 19.1 Å². The summed E-state index contributed by atoms with van der Waals surface area (Å²) in [6.07, 6.45) is 2.23. The van der Waals surface area contributed by atoms with Crippen LogP contribution < -0.4 is 5.32 Å². The van der Waals surface area contributed by atoms with Gasteiger partial charge in [-0.05, 0) is 54.8 Å². The topological polar surface area (TPSA) is 92.8 Å². The number of benzene rings is 2. The molecule has 1 atom stereocenters. The third-order valence-corrected chi connectivity index (χ3v) is 7.04. The van der Waals surface area contributed by atoms with E-state index in [1.165, 1.54) is 12.1 Å². The quantitative estimate of drug-likeness (QED) is 0.676. The number of nitrogens with one attached hydrogen (secondary N) is 1. The van der Waals surface area contributed by atoms with Crippen LogP contribution in [0.4, 0.5) is 5.69 Å². The Hall–Kier alpha value is -2.71. The smallest absolute Gasteiger partial charge is 0.253 e. The summed E-state index contributed by atoms with van der Waals surface area (Å²) in [5, 5.41) is 2.80. The van der Waals surface area contributed by atoms with Crippen molar-refractivity contribution in [3.05, 3.63) is 59.7 Å². The average Bonchev–Trinajstić information content (AvgIpc) is 3.27. The number of ether oxygens (including phenoxy) is 1. The fourth-order valence-electron chi connectivity index (χ4n) is 3.47. The van der Waals surface area contributed by atoms with Crippen molar-refractivity contribution < 1.29 is 22.7 Å². The van der Waals surface area contributed by atoms with Crippen molar-refractivity contribution in [3.8, 4) is 0 Å². The monoisotopic (exact) mass is 444 g/mol. The van der Waals surface area contributed by atoms with Crippen LogP contribution in [0.1, 0.15) is 35.7 Å². The SMILES string of the molecule is CCS(=O)(=O)c1ccc(CC(=O)Nc2ccc(C(=O)N(C)CC3CCCO3)cc2)cc1. The molecule has 3 rings (SSSR count). The van der Waals surface area contributed by atoms with E-state index in [1.807, 2.05) is 0 Å². The summed E-state index contributed by atoms with van der Waals surface area (Å²) in [4.78, 5) is 26.8. The van der Waals surface area contributed by atoms with E-state index >= 15 is 0 Å². The van der Waals surface area contributed by atoms with Crippen LogP contribution in [0, 0.1) is 0 Å². The molecule has 7 nitrogen and oxygen atoms in total. The fraction of sp³-hybridized carbons (Fsp3) is 0.391. The molecule has 1 saturated heterocycles. The first-order chi connectivity index (χ1) is 14.8. The maximum atomic E-state index is 12.6. The lowest BCUT2D eigenvalue weighted by atomic mass is 10.1. The van der Waals surface area contributed by atoms with Gasteiger partial charge in [-0.2, -0.15) is 0 Å². The van der Waals surface area contributed by atoms with E-state index in [2.05, 4.69) is 5.32 Å². The van der Waals surface area contributed by atoms with Crippen molar-refractivity contribution in [1.82, 2.24) is 4.90 Å². The Morgan fingerprint density at radius 2 is 1.77 bits per heavy atom. The van der Waals surface area contributed by atoms with Gasteiger partial charge in [-0.3, -0.25) is 9.59 Å². The molecule has 1 aliphatic heterocycles. The van der Waals surface area contributed by atoms with Crippen LogP contribution in [-0.2, 0) is 25.8 Å². The minimum atomic E-state index is -3.25. The van der Waals surface area contributed by atoms with E-state index in [0.29, 0.717) is 17.8 Å². The Balaban J connectivity index is 1.54. The molecule has 0 bridgehead atoms. The molecule has 0 aliphatic carbocycles. The van der Waals surface area contributed by atoms with Crippen molar-refractivity contribution in [2.75, 3.05) is 31.3 Å². The highest BCUT2D eigenvalue weighted by Crippen LogP contribution is 2.17. The highest BCUT2D eigenvalue weighted by atomic mass is 32.2. The van der Waals surface area contributed by atoms with Crippen molar-refractivity contribution in [2.24, 2.45) is 0 Å². The summed E-state index contributed by atoms with van der Waals surface area (Å²) in [6.45, 7) is 2.91. The molecule has 8 heteroatoms. The molecular weight excluding hydrogens is 416 g/mol. The van der Waals surface area contributed by atoms with E-state index in [0.717, 1.165) is 25.0 Å². The van der Waals surface area contributed by atoms with Crippen LogP contribution in [0.2, 0.25) is 0 Å². The van der Waals surface area contributed by atoms with E-state index in [-0.39, 0.29) is 35.0 Å². The second-order valence-corrected chi connectivity index (χ2v) is 9.95. The first-order valence-corrected chi connectivity index (χ1v) is 12.0. The minimum absolute atomic E-state index is 0.0372. The molecule has 0 radical (unpaired) electrons. The summed E-state index contributed by atoms with van der Waals surface area (Å²) < 4.78 is 29.3. The molecule has 1 fully saturated rings. The van der Waals surface area contributed by atoms with Gasteiger partial charge in [0.2, 0.25) is 5.91 Å². The molecule has 1 unspecified atom stereocenters. The molecule has 2 amide bonds. The second-order valence-electron chi connectivity index (χ2n) is 7.67. The van der Waals surface area contributed by atoms with Gasteiger partial charge in [0.1, 0.15) is 0 Å². The highest BCUT2D eigenvalue weighted by molar-refractivity contribution is 7.91. The van der Waals surface area contributed by atoms with E-state index in [1.54, 1.807) is 55.3 Å². The maximum Gasteiger partial charge on any atom is 0.253 e. The van der Waals surface area contributed by atoms with Crippen molar-refractivity contribution in [1.29, 1.82) is 0 Å². The number of likely N-dealkylation sites (N-methyl/N-ethyl adjacent to an activating group) is 1. The molecular formula is C23H28N2O5S. The lowest BCUT2D eigenvalue weighted by Gasteiger charge is -2.21. The number of carbonyl (C=O) groups is 2. The number of sulfone groups is 1. The second kappa shape index (κ2) is 10.1. The highest BCUT2D eigenvalue weighted by Gasteiger charge is 2.21. The molecule has 1 aliphatic rings. The summed E-state index contributed by atoms with van der Waals surface area (Å²) >= 11 is 0. The zero-order chi connectivity index (χ0) is 22.4. The van der Waals surface area contributed by atoms with Crippen LogP contribution >= 0.6 is 0 Å². The molecule has 1 heterocycles. The van der Waals surface area contributed by atoms with Gasteiger partial charge in [-0.15, -0.1) is 0 Å². The van der Waals surface area contributed by atoms with Crippen molar-refractivity contribution in [2.45, 2.75) is 37.2 Å². The maximum absolute atomic E-state index is 12.6. The number of anilines is 1. The fourth-order valence-corrected chi connectivity index (χ4v) is 4.35. The van der Waals surface area contributed by atoms with Crippen LogP contribution in [0.15, 0.2) is 53.4 Å². The molecule has 0 aromatic heterocycles. The summed E-state index contributed by atoms with van der Waals surface area (Å²) in [5.74, 6) is -0.272. The summed E-state index contributed by atoms with van der Waals surface area (Å²) in [5.41, 5.74) is 1.86.